The summed E-state index contributed by atoms with van der Waals surface area (Å²) in [5, 5.41) is 0. The predicted octanol–water partition coefficient (Wildman–Crippen LogP) is 1.45. The molecule has 0 saturated carbocycles. The first kappa shape index (κ1) is 13.0. The number of carbonyl (C=O) groups excluding carboxylic acids is 2. The van der Waals surface area contributed by atoms with E-state index < -0.39 is 5.60 Å². The van der Waals surface area contributed by atoms with Crippen LogP contribution in [0, 0.1) is 0 Å². The number of hydrogen-bond donors (Lipinski definition) is 0. The first-order valence-electron chi connectivity index (χ1n) is 6.28. The Balaban J connectivity index is 1.88. The van der Waals surface area contributed by atoms with Gasteiger partial charge in [-0.05, 0) is 27.2 Å². The summed E-state index contributed by atoms with van der Waals surface area (Å²) in [6.45, 7) is 7.75. The maximum atomic E-state index is 11.9. The Bertz CT molecular complexity index is 350. The van der Waals surface area contributed by atoms with E-state index in [2.05, 4.69) is 0 Å². The third kappa shape index (κ3) is 2.86. The Morgan fingerprint density at radius 1 is 1.39 bits per heavy atom. The van der Waals surface area contributed by atoms with Gasteiger partial charge in [0.1, 0.15) is 12.2 Å². The van der Waals surface area contributed by atoms with Gasteiger partial charge in [-0.25, -0.2) is 9.59 Å². The van der Waals surface area contributed by atoms with Crippen LogP contribution in [0.1, 0.15) is 27.2 Å². The van der Waals surface area contributed by atoms with Crippen LogP contribution in [0.2, 0.25) is 0 Å². The monoisotopic (exact) mass is 256 g/mol. The number of ether oxygens (including phenoxy) is 2. The second-order valence-corrected chi connectivity index (χ2v) is 5.68. The topological polar surface area (TPSA) is 59.1 Å². The van der Waals surface area contributed by atoms with E-state index in [1.54, 1.807) is 9.80 Å². The minimum Gasteiger partial charge on any atom is -0.448 e. The molecule has 2 rings (SSSR count). The van der Waals surface area contributed by atoms with E-state index >= 15 is 0 Å². The van der Waals surface area contributed by atoms with Crippen LogP contribution in [-0.2, 0) is 9.47 Å². The Morgan fingerprint density at radius 2 is 2.11 bits per heavy atom. The van der Waals surface area contributed by atoms with Crippen LogP contribution in [0.15, 0.2) is 0 Å². The fourth-order valence-corrected chi connectivity index (χ4v) is 2.23. The maximum Gasteiger partial charge on any atom is 0.410 e. The summed E-state index contributed by atoms with van der Waals surface area (Å²) in [4.78, 5) is 26.7. The first-order chi connectivity index (χ1) is 8.37. The summed E-state index contributed by atoms with van der Waals surface area (Å²) >= 11 is 0. The quantitative estimate of drug-likeness (QED) is 0.712. The minimum atomic E-state index is -0.484. The predicted molar refractivity (Wildman–Crippen MR) is 64.3 cm³/mol. The van der Waals surface area contributed by atoms with Crippen LogP contribution in [0.25, 0.3) is 0 Å². The molecule has 2 aliphatic heterocycles. The average Bonchev–Trinajstić information content (AvgIpc) is 2.82. The molecule has 2 amide bonds. The molecule has 2 aliphatic rings. The molecule has 0 aromatic carbocycles. The van der Waals surface area contributed by atoms with Gasteiger partial charge in [0.15, 0.2) is 0 Å². The van der Waals surface area contributed by atoms with Crippen molar-refractivity contribution in [2.75, 3.05) is 26.2 Å². The van der Waals surface area contributed by atoms with Crippen LogP contribution in [-0.4, -0.2) is 59.9 Å². The molecule has 0 aliphatic carbocycles. The van der Waals surface area contributed by atoms with Crippen molar-refractivity contribution in [1.29, 1.82) is 0 Å². The molecular weight excluding hydrogens is 236 g/mol. The lowest BCUT2D eigenvalue weighted by atomic mass is 10.2. The summed E-state index contributed by atoms with van der Waals surface area (Å²) < 4.78 is 10.2. The van der Waals surface area contributed by atoms with Gasteiger partial charge in [-0.1, -0.05) is 0 Å². The number of nitrogens with zero attached hydrogens (tertiary/aromatic N) is 2. The van der Waals surface area contributed by atoms with Crippen molar-refractivity contribution in [2.24, 2.45) is 0 Å². The van der Waals surface area contributed by atoms with E-state index in [1.165, 1.54) is 0 Å². The Kier molecular flexibility index (Phi) is 3.36. The molecular formula is C12H20N2O4. The normalized spacial score (nSPS) is 24.4. The van der Waals surface area contributed by atoms with Crippen molar-refractivity contribution in [3.05, 3.63) is 0 Å². The van der Waals surface area contributed by atoms with Crippen LogP contribution in [0.3, 0.4) is 0 Å². The van der Waals surface area contributed by atoms with Gasteiger partial charge in [-0.2, -0.15) is 0 Å². The van der Waals surface area contributed by atoms with Crippen molar-refractivity contribution < 1.29 is 19.1 Å². The highest BCUT2D eigenvalue weighted by molar-refractivity contribution is 5.71. The van der Waals surface area contributed by atoms with Gasteiger partial charge in [0.05, 0.1) is 12.6 Å². The molecule has 0 aromatic heterocycles. The Morgan fingerprint density at radius 3 is 2.67 bits per heavy atom. The van der Waals surface area contributed by atoms with E-state index in [4.69, 9.17) is 9.47 Å². The zero-order chi connectivity index (χ0) is 13.3. The fourth-order valence-electron chi connectivity index (χ4n) is 2.23. The maximum absolute atomic E-state index is 11.9. The van der Waals surface area contributed by atoms with Crippen molar-refractivity contribution in [2.45, 2.75) is 38.8 Å². The first-order valence-corrected chi connectivity index (χ1v) is 6.28. The van der Waals surface area contributed by atoms with Crippen LogP contribution in [0.4, 0.5) is 9.59 Å². The molecule has 0 N–H and O–H groups in total. The third-order valence-electron chi connectivity index (χ3n) is 3.05. The van der Waals surface area contributed by atoms with Crippen LogP contribution < -0.4 is 0 Å². The molecule has 0 aromatic rings. The Hall–Kier alpha value is -1.46. The van der Waals surface area contributed by atoms with Crippen molar-refractivity contribution >= 4 is 12.2 Å². The highest BCUT2D eigenvalue weighted by Crippen LogP contribution is 2.21. The second kappa shape index (κ2) is 4.66. The highest BCUT2D eigenvalue weighted by Gasteiger charge is 2.37. The van der Waals surface area contributed by atoms with E-state index in [0.717, 1.165) is 6.42 Å². The van der Waals surface area contributed by atoms with Gasteiger partial charge in [0.25, 0.3) is 0 Å². The molecule has 2 heterocycles. The van der Waals surface area contributed by atoms with Gasteiger partial charge >= 0.3 is 12.2 Å². The summed E-state index contributed by atoms with van der Waals surface area (Å²) in [7, 11) is 0. The lowest BCUT2D eigenvalue weighted by Crippen LogP contribution is -2.40. The van der Waals surface area contributed by atoms with Gasteiger partial charge in [-0.3, -0.25) is 4.90 Å². The average molecular weight is 256 g/mol. The molecule has 0 spiro atoms. The summed E-state index contributed by atoms with van der Waals surface area (Å²) in [6.07, 6.45) is 0.206. The van der Waals surface area contributed by atoms with E-state index in [9.17, 15) is 9.59 Å². The summed E-state index contributed by atoms with van der Waals surface area (Å²) in [5.74, 6) is 0. The molecule has 1 atom stereocenters. The molecule has 102 valence electrons. The molecule has 6 heteroatoms. The summed E-state index contributed by atoms with van der Waals surface area (Å²) in [6, 6.07) is 0.0625. The molecule has 0 bridgehead atoms. The van der Waals surface area contributed by atoms with E-state index in [0.29, 0.717) is 26.2 Å². The zero-order valence-corrected chi connectivity index (χ0v) is 11.1. The van der Waals surface area contributed by atoms with Gasteiger partial charge in [0, 0.05) is 13.1 Å². The third-order valence-corrected chi connectivity index (χ3v) is 3.05. The number of likely N-dealkylation sites (tertiary alicyclic amines) is 1. The molecule has 1 unspecified atom stereocenters. The summed E-state index contributed by atoms with van der Waals surface area (Å²) in [5.41, 5.74) is -0.484. The fraction of sp³-hybridized carbons (Fsp3) is 0.833. The molecule has 18 heavy (non-hydrogen) atoms. The second-order valence-electron chi connectivity index (χ2n) is 5.68. The standard InChI is InChI=1S/C12H20N2O4/c1-12(2,3)18-10(15)13-5-4-9(8-13)14-6-7-17-11(14)16/h9H,4-8H2,1-3H3. The number of carbonyl (C=O) groups is 2. The van der Waals surface area contributed by atoms with Crippen LogP contribution in [0.5, 0.6) is 0 Å². The largest absolute Gasteiger partial charge is 0.448 e. The van der Waals surface area contributed by atoms with E-state index in [1.807, 2.05) is 20.8 Å². The lowest BCUT2D eigenvalue weighted by Gasteiger charge is -2.25. The van der Waals surface area contributed by atoms with Crippen molar-refractivity contribution in [3.8, 4) is 0 Å². The smallest absolute Gasteiger partial charge is 0.410 e. The number of cyclic esters (lactones) is 1. The van der Waals surface area contributed by atoms with Gasteiger partial charge in [0.2, 0.25) is 0 Å². The number of hydrogen-bond acceptors (Lipinski definition) is 4. The Labute approximate surface area is 107 Å². The molecule has 6 nitrogen and oxygen atoms in total. The van der Waals surface area contributed by atoms with Crippen molar-refractivity contribution in [3.63, 3.8) is 0 Å². The molecule has 0 radical (unpaired) electrons. The molecule has 2 fully saturated rings. The highest BCUT2D eigenvalue weighted by atomic mass is 16.6. The lowest BCUT2D eigenvalue weighted by molar-refractivity contribution is 0.0283. The van der Waals surface area contributed by atoms with Crippen LogP contribution >= 0.6 is 0 Å². The minimum absolute atomic E-state index is 0.0625. The number of rotatable bonds is 1. The SMILES string of the molecule is CC(C)(C)OC(=O)N1CCC(N2CCOC2=O)C1. The van der Waals surface area contributed by atoms with Gasteiger partial charge < -0.3 is 14.4 Å². The number of amides is 2. The molecule has 2 saturated heterocycles. The van der Waals surface area contributed by atoms with E-state index in [-0.39, 0.29) is 18.2 Å². The van der Waals surface area contributed by atoms with Gasteiger partial charge in [-0.15, -0.1) is 0 Å². The van der Waals surface area contributed by atoms with Crippen molar-refractivity contribution in [1.82, 2.24) is 9.80 Å². The zero-order valence-electron chi connectivity index (χ0n) is 11.1.